The Labute approximate surface area is 367 Å². The summed E-state index contributed by atoms with van der Waals surface area (Å²) in [4.78, 5) is 9.34. The number of benzene rings is 4. The molecule has 0 heterocycles. The van der Waals surface area contributed by atoms with Crippen LogP contribution in [0.25, 0.3) is 0 Å². The van der Waals surface area contributed by atoms with Crippen molar-refractivity contribution in [3.8, 4) is 0 Å². The predicted molar refractivity (Wildman–Crippen MR) is 223 cm³/mol. The predicted octanol–water partition coefficient (Wildman–Crippen LogP) is 8.52. The van der Waals surface area contributed by atoms with Crippen molar-refractivity contribution < 1.29 is 63.4 Å². The van der Waals surface area contributed by atoms with Gasteiger partial charge >= 0.3 is 36.8 Å². The molecule has 4 atom stereocenters. The van der Waals surface area contributed by atoms with E-state index < -0.39 is 13.4 Å². The van der Waals surface area contributed by atoms with E-state index >= 15 is 0 Å². The smallest absolute Gasteiger partial charge is 0.444 e. The van der Waals surface area contributed by atoms with Gasteiger partial charge in [0.1, 0.15) is 11.4 Å². The number of quaternary nitrogens is 2. The van der Waals surface area contributed by atoms with Crippen LogP contribution in [0.1, 0.15) is 76.1 Å². The SMILES string of the molecule is Br.Br.CC(Br)c1ccc([NH3+])cc1.CC(Br)c1ccc([NH3+])cc1.CC(O)c1ccc(N)cc1.Cc1ccc(C(C)Br)cc1.F[B-](F)(F)F.O=N[O-].[Na+]. The summed E-state index contributed by atoms with van der Waals surface area (Å²) in [5.74, 6) is 0. The van der Waals surface area contributed by atoms with Crippen LogP contribution < -0.4 is 46.8 Å². The number of nitrogen functional groups attached to an aromatic ring is 1. The molecule has 4 rings (SSSR count). The number of aliphatic hydroxyl groups is 1. The number of hydrogen-bond donors (Lipinski definition) is 4. The van der Waals surface area contributed by atoms with Crippen LogP contribution in [-0.4, -0.2) is 12.4 Å². The van der Waals surface area contributed by atoms with Crippen LogP contribution in [0.4, 0.5) is 34.3 Å². The van der Waals surface area contributed by atoms with Gasteiger partial charge in [-0.05, 0) is 93.3 Å². The van der Waals surface area contributed by atoms with Gasteiger partial charge in [-0.15, -0.1) is 39.3 Å². The summed E-state index contributed by atoms with van der Waals surface area (Å²) in [7, 11) is -6.00. The minimum absolute atomic E-state index is 0. The first-order chi connectivity index (χ1) is 22.2. The molecule has 0 saturated heterocycles. The first kappa shape index (κ1) is 59.4. The molecule has 18 heteroatoms. The van der Waals surface area contributed by atoms with Gasteiger partial charge in [0.05, 0.1) is 6.10 Å². The minimum Gasteiger partial charge on any atom is -0.444 e. The molecule has 282 valence electrons. The second kappa shape index (κ2) is 33.7. The number of hydrogen-bond acceptors (Lipinski definition) is 5. The number of anilines is 1. The molecule has 0 bridgehead atoms. The minimum atomic E-state index is -6.00. The normalized spacial score (nSPS) is 11.7. The van der Waals surface area contributed by atoms with Crippen molar-refractivity contribution in [1.82, 2.24) is 0 Å². The molecule has 0 fully saturated rings. The molecule has 4 unspecified atom stereocenters. The van der Waals surface area contributed by atoms with Crippen LogP contribution in [0.2, 0.25) is 0 Å². The Balaban J connectivity index is -0.000000169. The van der Waals surface area contributed by atoms with E-state index in [-0.39, 0.29) is 63.5 Å². The van der Waals surface area contributed by atoms with Gasteiger partial charge < -0.3 is 49.7 Å². The number of rotatable bonds is 4. The molecule has 0 saturated carbocycles. The summed E-state index contributed by atoms with van der Waals surface area (Å²) in [6, 6.07) is 32.2. The van der Waals surface area contributed by atoms with Gasteiger partial charge in [0.25, 0.3) is 0 Å². The van der Waals surface area contributed by atoms with E-state index in [1.54, 1.807) is 19.1 Å². The molecule has 0 radical (unpaired) electrons. The Bertz CT molecular complexity index is 1190. The Morgan fingerprint density at radius 2 is 0.863 bits per heavy atom. The molecule has 0 aromatic heterocycles. The van der Waals surface area contributed by atoms with Crippen LogP contribution >= 0.6 is 81.8 Å². The fourth-order valence-electron chi connectivity index (χ4n) is 3.17. The van der Waals surface area contributed by atoms with Gasteiger partial charge in [-0.2, -0.15) is 0 Å². The van der Waals surface area contributed by atoms with Crippen molar-refractivity contribution >= 4 is 106 Å². The largest absolute Gasteiger partial charge is 1.00 e. The fourth-order valence-corrected chi connectivity index (χ4v) is 4.09. The summed E-state index contributed by atoms with van der Waals surface area (Å²) in [5, 5.41) is 18.1. The van der Waals surface area contributed by atoms with E-state index in [0.717, 1.165) is 28.0 Å². The second-order valence-corrected chi connectivity index (χ2v) is 14.3. The molecule has 0 aliphatic carbocycles. The topological polar surface area (TPSA) is 154 Å². The number of halogens is 9. The summed E-state index contributed by atoms with van der Waals surface area (Å²) in [5.41, 5.74) is 22.1. The van der Waals surface area contributed by atoms with Gasteiger partial charge in [0.2, 0.25) is 0 Å². The number of nitrogens with zero attached hydrogens (tertiary/aromatic N) is 1. The van der Waals surface area contributed by atoms with Crippen molar-refractivity contribution in [2.45, 2.75) is 55.2 Å². The Kier molecular flexibility index (Phi) is 39.3. The molecule has 0 amide bonds. The molecular formula is C33H46BBr5F4N4NaO3+. The molecule has 9 N–H and O–H groups in total. The molecule has 4 aromatic rings. The van der Waals surface area contributed by atoms with E-state index in [0.29, 0.717) is 14.5 Å². The summed E-state index contributed by atoms with van der Waals surface area (Å²) in [6.07, 6.45) is -0.402. The van der Waals surface area contributed by atoms with E-state index in [9.17, 15) is 17.3 Å². The van der Waals surface area contributed by atoms with Crippen LogP contribution in [-0.2, 0) is 0 Å². The molecule has 0 aliphatic rings. The van der Waals surface area contributed by atoms with Crippen LogP contribution in [0.15, 0.2) is 102 Å². The van der Waals surface area contributed by atoms with Crippen molar-refractivity contribution in [3.63, 3.8) is 0 Å². The molecule has 0 spiro atoms. The van der Waals surface area contributed by atoms with Crippen LogP contribution in [0.3, 0.4) is 0 Å². The Morgan fingerprint density at radius 1 is 0.647 bits per heavy atom. The zero-order valence-electron chi connectivity index (χ0n) is 29.3. The number of aliphatic hydroxyl groups excluding tert-OH is 1. The third-order valence-electron chi connectivity index (χ3n) is 5.83. The summed E-state index contributed by atoms with van der Waals surface area (Å²) < 4.78 is 39.0. The van der Waals surface area contributed by atoms with Crippen molar-refractivity contribution in [2.75, 3.05) is 5.73 Å². The third kappa shape index (κ3) is 35.9. The second-order valence-electron chi connectivity index (χ2n) is 10.2. The molecule has 0 aliphatic heterocycles. The van der Waals surface area contributed by atoms with Gasteiger partial charge in [-0.3, -0.25) is 0 Å². The third-order valence-corrected chi connectivity index (χ3v) is 7.42. The van der Waals surface area contributed by atoms with Crippen LogP contribution in [0, 0.1) is 17.0 Å². The molecule has 7 nitrogen and oxygen atoms in total. The van der Waals surface area contributed by atoms with E-state index in [4.69, 9.17) is 21.0 Å². The van der Waals surface area contributed by atoms with Crippen molar-refractivity contribution in [1.29, 1.82) is 0 Å². The van der Waals surface area contributed by atoms with Gasteiger partial charge in [0.15, 0.2) is 0 Å². The van der Waals surface area contributed by atoms with Crippen LogP contribution in [0.5, 0.6) is 0 Å². The van der Waals surface area contributed by atoms with E-state index in [2.05, 4.69) is 135 Å². The van der Waals surface area contributed by atoms with Gasteiger partial charge in [0, 0.05) is 20.2 Å². The monoisotopic (exact) mass is 1050 g/mol. The maximum Gasteiger partial charge on any atom is 1.00 e. The average Bonchev–Trinajstić information content (AvgIpc) is 2.99. The molecule has 51 heavy (non-hydrogen) atoms. The Hall–Kier alpha value is -0.855. The first-order valence-corrected chi connectivity index (χ1v) is 17.1. The molecular weight excluding hydrogens is 1010 g/mol. The maximum atomic E-state index is 9.75. The van der Waals surface area contributed by atoms with E-state index in [1.165, 1.54) is 22.3 Å². The van der Waals surface area contributed by atoms with Gasteiger partial charge in [-0.1, -0.05) is 114 Å². The first-order valence-electron chi connectivity index (χ1n) is 14.4. The van der Waals surface area contributed by atoms with Gasteiger partial charge in [-0.25, -0.2) is 0 Å². The number of aryl methyl sites for hydroxylation is 1. The number of nitrogens with two attached hydrogens (primary N) is 1. The maximum absolute atomic E-state index is 9.75. The fraction of sp³-hybridized carbons (Fsp3) is 0.273. The Morgan fingerprint density at radius 3 is 1.08 bits per heavy atom. The number of alkyl halides is 3. The van der Waals surface area contributed by atoms with Crippen molar-refractivity contribution in [2.24, 2.45) is 5.34 Å². The summed E-state index contributed by atoms with van der Waals surface area (Å²) >= 11 is 10.5. The zero-order chi connectivity index (χ0) is 37.4. The summed E-state index contributed by atoms with van der Waals surface area (Å²) in [6.45, 7) is 10.2. The standard InChI is InChI=1S/C9H11Br.2C8H10BrN.C8H11NO.BF4.2BrH.HNO2.Na/c1-7-3-5-9(6-4-7)8(2)10;2*1-6(9)7-2-4-8(10)5-3-7;1-6(10)7-2-4-8(9)5-3-7;2-1(3,4)5;;;2-1-3;/h3-6,8H,1-2H3;2*2-6H,10H2,1H3;2-6,10H,9H2,1H3;;2*1H;(H,2,3);/q;;;;-1;;;;+1/p+1. The molecule has 4 aromatic carbocycles. The van der Waals surface area contributed by atoms with Crippen molar-refractivity contribution in [3.05, 3.63) is 135 Å². The average molecular weight is 1060 g/mol. The quantitative estimate of drug-likeness (QED) is 0.0404. The van der Waals surface area contributed by atoms with E-state index in [1.807, 2.05) is 36.4 Å². The zero-order valence-corrected chi connectivity index (χ0v) is 39.5.